The Morgan fingerprint density at radius 1 is 0.492 bits per heavy atom. The van der Waals surface area contributed by atoms with E-state index in [1.54, 1.807) is 0 Å². The monoisotopic (exact) mass is 873 g/mol. The van der Waals surface area contributed by atoms with E-state index in [1.165, 1.54) is 51.6 Å². The van der Waals surface area contributed by atoms with E-state index in [2.05, 4.69) is 156 Å². The highest BCUT2D eigenvalue weighted by atomic mass is 14.9. The maximum Gasteiger partial charge on any atom is 0.131 e. The number of rotatable bonds is 6. The average molecular weight is 874 g/mol. The minimum absolute atomic E-state index is 0. The lowest BCUT2D eigenvalue weighted by Crippen LogP contribution is -2.38. The molecule has 6 heteroatoms. The average Bonchev–Trinajstić information content (AvgIpc) is 3.48. The molecular formula is C57H104N6. The molecule has 0 aromatic carbocycles. The van der Waals surface area contributed by atoms with Crippen molar-refractivity contribution >= 4 is 6.08 Å². The standard InChI is InChI=1S/C17H28N2.C16H26N2.C16H24N2.3C2H6.2CH4/c1-10(2)16-18-13(6)14-8-12(5)9-17(7,11(3)4)15(14)19-16;1-9(2)15-17-12(6)13-8-11(5)16(7,10(3)4)14(13)18-15;1-10(2)15-17-12(5)13-8-7-9-16(6,11(3)4)14(13)18-15;3*1-2;;/h10-12H,8-9H2,1-7H3;9-11H,8H2,1-7H3;7-8,10-11H,9H2,1-6H3;3*1-2H3;2*1H4. The maximum atomic E-state index is 4.97. The lowest BCUT2D eigenvalue weighted by atomic mass is 9.64. The molecule has 3 heterocycles. The van der Waals surface area contributed by atoms with Crippen LogP contribution in [0.2, 0.25) is 0 Å². The predicted octanol–water partition coefficient (Wildman–Crippen LogP) is 17.0. The largest absolute Gasteiger partial charge is 0.238 e. The predicted molar refractivity (Wildman–Crippen MR) is 281 cm³/mol. The van der Waals surface area contributed by atoms with Gasteiger partial charge in [0.05, 0.1) is 17.1 Å². The summed E-state index contributed by atoms with van der Waals surface area (Å²) in [6.45, 7) is 57.1. The molecule has 3 aromatic rings. The maximum absolute atomic E-state index is 4.97. The van der Waals surface area contributed by atoms with E-state index in [1.807, 2.05) is 41.5 Å². The lowest BCUT2D eigenvalue weighted by molar-refractivity contribution is 0.237. The van der Waals surface area contributed by atoms with Gasteiger partial charge in [-0.1, -0.05) is 186 Å². The molecular weight excluding hydrogens is 769 g/mol. The lowest BCUT2D eigenvalue weighted by Gasteiger charge is -2.41. The third kappa shape index (κ3) is 13.5. The summed E-state index contributed by atoms with van der Waals surface area (Å²) in [5.74, 6) is 7.38. The van der Waals surface area contributed by atoms with Gasteiger partial charge in [-0.25, -0.2) is 29.9 Å². The van der Waals surface area contributed by atoms with Crippen LogP contribution in [0.3, 0.4) is 0 Å². The molecule has 362 valence electrons. The fraction of sp³-hybridized carbons (Fsp3) is 0.754. The van der Waals surface area contributed by atoms with Crippen molar-refractivity contribution in [3.63, 3.8) is 0 Å². The molecule has 0 spiro atoms. The number of nitrogens with zero attached hydrogens (tertiary/aromatic N) is 6. The molecule has 3 aromatic heterocycles. The van der Waals surface area contributed by atoms with Gasteiger partial charge in [-0.2, -0.15) is 0 Å². The zero-order valence-electron chi connectivity index (χ0n) is 44.8. The van der Waals surface area contributed by atoms with Crippen molar-refractivity contribution in [1.82, 2.24) is 29.9 Å². The molecule has 63 heavy (non-hydrogen) atoms. The molecule has 6 nitrogen and oxygen atoms in total. The van der Waals surface area contributed by atoms with E-state index in [9.17, 15) is 0 Å². The Bertz CT molecular complexity index is 1850. The van der Waals surface area contributed by atoms with Gasteiger partial charge in [0.15, 0.2) is 0 Å². The molecule has 0 bridgehead atoms. The minimum atomic E-state index is 0. The summed E-state index contributed by atoms with van der Waals surface area (Å²) in [5, 5.41) is 0. The molecule has 0 radical (unpaired) electrons. The van der Waals surface area contributed by atoms with Gasteiger partial charge in [-0.3, -0.25) is 0 Å². The fourth-order valence-electron chi connectivity index (χ4n) is 9.03. The van der Waals surface area contributed by atoms with Crippen molar-refractivity contribution in [3.05, 3.63) is 74.4 Å². The van der Waals surface area contributed by atoms with Gasteiger partial charge < -0.3 is 0 Å². The third-order valence-corrected chi connectivity index (χ3v) is 14.2. The number of fused-ring (bicyclic) bond motifs is 3. The quantitative estimate of drug-likeness (QED) is 0.246. The van der Waals surface area contributed by atoms with Crippen molar-refractivity contribution in [3.8, 4) is 0 Å². The van der Waals surface area contributed by atoms with Crippen molar-refractivity contribution < 1.29 is 0 Å². The van der Waals surface area contributed by atoms with E-state index >= 15 is 0 Å². The second-order valence-electron chi connectivity index (χ2n) is 20.2. The summed E-state index contributed by atoms with van der Waals surface area (Å²) in [7, 11) is 0. The zero-order valence-corrected chi connectivity index (χ0v) is 44.8. The molecule has 5 unspecified atom stereocenters. The van der Waals surface area contributed by atoms with Gasteiger partial charge in [-0.05, 0) is 87.2 Å². The molecule has 3 aliphatic carbocycles. The van der Waals surface area contributed by atoms with E-state index in [0.717, 1.165) is 48.3 Å². The van der Waals surface area contributed by atoms with Crippen LogP contribution in [-0.2, 0) is 29.1 Å². The van der Waals surface area contributed by atoms with Gasteiger partial charge >= 0.3 is 0 Å². The molecule has 0 saturated carbocycles. The molecule has 0 amide bonds. The fourth-order valence-corrected chi connectivity index (χ4v) is 9.03. The van der Waals surface area contributed by atoms with Crippen LogP contribution in [0.15, 0.2) is 6.08 Å². The minimum Gasteiger partial charge on any atom is -0.238 e. The first-order chi connectivity index (χ1) is 28.4. The Morgan fingerprint density at radius 3 is 1.27 bits per heavy atom. The summed E-state index contributed by atoms with van der Waals surface area (Å²) in [4.78, 5) is 28.9. The van der Waals surface area contributed by atoms with Crippen LogP contribution < -0.4 is 0 Å². The Labute approximate surface area is 393 Å². The molecule has 0 saturated heterocycles. The highest BCUT2D eigenvalue weighted by Crippen LogP contribution is 2.48. The zero-order chi connectivity index (χ0) is 47.5. The SMILES string of the molecule is C.C.CC.CC.CC.Cc1nc(C(C)C)nc2c1C=CCC2(C)C(C)C.Cc1nc(C(C)C)nc2c1CC(C)C2(C)C(C)C.Cc1nc(C(C)C)nc2c1CC(C)CC2(C)C(C)C. The topological polar surface area (TPSA) is 77.3 Å². The van der Waals surface area contributed by atoms with Gasteiger partial charge in [0.2, 0.25) is 0 Å². The molecule has 6 rings (SSSR count). The van der Waals surface area contributed by atoms with E-state index in [-0.39, 0.29) is 31.1 Å². The van der Waals surface area contributed by atoms with Crippen LogP contribution in [0.5, 0.6) is 0 Å². The van der Waals surface area contributed by atoms with Gasteiger partial charge in [0, 0.05) is 56.6 Å². The van der Waals surface area contributed by atoms with Crippen molar-refractivity contribution in [2.45, 2.75) is 255 Å². The number of hydrogen-bond acceptors (Lipinski definition) is 6. The summed E-state index contributed by atoms with van der Waals surface area (Å²) >= 11 is 0. The van der Waals surface area contributed by atoms with Gasteiger partial charge in [0.1, 0.15) is 17.5 Å². The highest BCUT2D eigenvalue weighted by Gasteiger charge is 2.46. The second-order valence-corrected chi connectivity index (χ2v) is 20.2. The van der Waals surface area contributed by atoms with Gasteiger partial charge in [0.25, 0.3) is 0 Å². The van der Waals surface area contributed by atoms with Crippen LogP contribution >= 0.6 is 0 Å². The molecule has 3 aliphatic rings. The number of aromatic nitrogens is 6. The Balaban J connectivity index is 0. The third-order valence-electron chi connectivity index (χ3n) is 14.2. The summed E-state index contributed by atoms with van der Waals surface area (Å²) < 4.78 is 0. The van der Waals surface area contributed by atoms with Crippen molar-refractivity contribution in [2.75, 3.05) is 0 Å². The first kappa shape index (κ1) is 62.1. The van der Waals surface area contributed by atoms with E-state index in [4.69, 9.17) is 24.9 Å². The molecule has 5 atom stereocenters. The van der Waals surface area contributed by atoms with Gasteiger partial charge in [-0.15, -0.1) is 0 Å². The molecule has 0 fully saturated rings. The Morgan fingerprint density at radius 2 is 0.873 bits per heavy atom. The summed E-state index contributed by atoms with van der Waals surface area (Å²) in [5.41, 5.74) is 12.0. The Hall–Kier alpha value is -3.02. The second kappa shape index (κ2) is 26.2. The number of hydrogen-bond donors (Lipinski definition) is 0. The first-order valence-corrected chi connectivity index (χ1v) is 24.7. The van der Waals surface area contributed by atoms with E-state index in [0.29, 0.717) is 41.4 Å². The summed E-state index contributed by atoms with van der Waals surface area (Å²) in [6.07, 6.45) is 9.06. The number of allylic oxidation sites excluding steroid dienone is 1. The number of aryl methyl sites for hydroxylation is 3. The van der Waals surface area contributed by atoms with Crippen LogP contribution in [-0.4, -0.2) is 29.9 Å². The van der Waals surface area contributed by atoms with Crippen LogP contribution in [0.25, 0.3) is 6.08 Å². The first-order valence-electron chi connectivity index (χ1n) is 24.7. The molecule has 0 N–H and O–H groups in total. The summed E-state index contributed by atoms with van der Waals surface area (Å²) in [6, 6.07) is 0. The smallest absolute Gasteiger partial charge is 0.131 e. The highest BCUT2D eigenvalue weighted by molar-refractivity contribution is 5.59. The molecule has 0 aliphatic heterocycles. The Kier molecular flexibility index (Phi) is 25.8. The van der Waals surface area contributed by atoms with Crippen molar-refractivity contribution in [1.29, 1.82) is 0 Å². The van der Waals surface area contributed by atoms with Crippen LogP contribution in [0.4, 0.5) is 0 Å². The van der Waals surface area contributed by atoms with Crippen molar-refractivity contribution in [2.24, 2.45) is 29.6 Å². The van der Waals surface area contributed by atoms with Crippen LogP contribution in [0.1, 0.15) is 273 Å². The van der Waals surface area contributed by atoms with E-state index < -0.39 is 0 Å². The normalized spacial score (nSPS) is 22.6. The van der Waals surface area contributed by atoms with Crippen LogP contribution in [0, 0.1) is 50.4 Å².